The second-order valence-corrected chi connectivity index (χ2v) is 8.88. The van der Waals surface area contributed by atoms with Crippen molar-refractivity contribution in [3.63, 3.8) is 0 Å². The van der Waals surface area contributed by atoms with Crippen LogP contribution in [-0.4, -0.2) is 0 Å². The average Bonchev–Trinajstić information content (AvgIpc) is 3.24. The Morgan fingerprint density at radius 3 is 2.56 bits per heavy atom. The van der Waals surface area contributed by atoms with E-state index in [-0.39, 0.29) is 5.56 Å². The first-order chi connectivity index (χ1) is 17.1. The first-order valence-electron chi connectivity index (χ1n) is 12.3. The number of aromatic nitrogens is 1. The van der Waals surface area contributed by atoms with E-state index in [1.165, 1.54) is 6.20 Å². The van der Waals surface area contributed by atoms with E-state index in [2.05, 4.69) is 4.85 Å². The van der Waals surface area contributed by atoms with Gasteiger partial charge in [0.15, 0.2) is 5.82 Å². The number of aryl methyl sites for hydroxylation is 2. The zero-order valence-corrected chi connectivity index (χ0v) is 19.6. The number of pyridine rings is 1. The Labute approximate surface area is 201 Å². The van der Waals surface area contributed by atoms with Gasteiger partial charge in [-0.15, -0.1) is 0 Å². The van der Waals surface area contributed by atoms with Gasteiger partial charge < -0.3 is 4.42 Å². The fraction of sp³-hybridized carbons (Fsp3) is 0.200. The van der Waals surface area contributed by atoms with E-state index in [0.717, 1.165) is 33.0 Å². The third kappa shape index (κ3) is 3.54. The summed E-state index contributed by atoms with van der Waals surface area (Å²) in [5.41, 5.74) is 5.83. The molecule has 0 amide bonds. The van der Waals surface area contributed by atoms with Crippen LogP contribution < -0.4 is 4.57 Å². The minimum Gasteiger partial charge on any atom is -0.466 e. The van der Waals surface area contributed by atoms with Crippen molar-refractivity contribution >= 4 is 27.6 Å². The minimum atomic E-state index is -1.85. The maximum Gasteiger partial charge on any atom is 0.229 e. The van der Waals surface area contributed by atoms with E-state index in [0.29, 0.717) is 22.5 Å². The molecule has 0 atom stereocenters. The van der Waals surface area contributed by atoms with Gasteiger partial charge in [0.2, 0.25) is 17.6 Å². The Bertz CT molecular complexity index is 1680. The fourth-order valence-corrected chi connectivity index (χ4v) is 4.58. The van der Waals surface area contributed by atoms with Crippen molar-refractivity contribution in [1.29, 1.82) is 0 Å². The van der Waals surface area contributed by atoms with Gasteiger partial charge in [-0.3, -0.25) is 0 Å². The van der Waals surface area contributed by atoms with Gasteiger partial charge in [-0.05, 0) is 35.9 Å². The van der Waals surface area contributed by atoms with E-state index in [1.807, 2.05) is 55.5 Å². The van der Waals surface area contributed by atoms with Crippen LogP contribution in [0.2, 0.25) is 0 Å². The standard InChI is InChI=1S/C30H26FN2O/c1-18(2)15-21-16-26(33(5)17-24(21)31)27-19(3)11-12-23-28-22(20-9-7-6-8-10-20)13-14-25(32-4)30(28)34-29(23)27/h6-14,16-18H,15H2,1-3,5H3/q+1/i15D2. The molecule has 3 nitrogen and oxygen atoms in total. The Morgan fingerprint density at radius 2 is 1.85 bits per heavy atom. The molecule has 5 rings (SSSR count). The van der Waals surface area contributed by atoms with E-state index < -0.39 is 18.1 Å². The normalized spacial score (nSPS) is 12.7. The summed E-state index contributed by atoms with van der Waals surface area (Å²) in [6.07, 6.45) is -0.522. The van der Waals surface area contributed by atoms with Crippen molar-refractivity contribution in [3.05, 3.63) is 95.2 Å². The molecule has 0 aliphatic heterocycles. The Kier molecular flexibility index (Phi) is 4.83. The van der Waals surface area contributed by atoms with Gasteiger partial charge in [0, 0.05) is 25.1 Å². The molecule has 168 valence electrons. The van der Waals surface area contributed by atoms with Crippen molar-refractivity contribution in [2.75, 3.05) is 0 Å². The highest BCUT2D eigenvalue weighted by Crippen LogP contribution is 2.44. The molecule has 4 heteroatoms. The lowest BCUT2D eigenvalue weighted by Gasteiger charge is -2.10. The van der Waals surface area contributed by atoms with Gasteiger partial charge in [0.05, 0.1) is 12.1 Å². The summed E-state index contributed by atoms with van der Waals surface area (Å²) in [4.78, 5) is 3.70. The summed E-state index contributed by atoms with van der Waals surface area (Å²) in [5, 5.41) is 1.71. The molecule has 0 aliphatic rings. The topological polar surface area (TPSA) is 21.4 Å². The van der Waals surface area contributed by atoms with Crippen LogP contribution >= 0.6 is 0 Å². The number of halogens is 1. The molecular weight excluding hydrogens is 423 g/mol. The Morgan fingerprint density at radius 1 is 1.09 bits per heavy atom. The second kappa shape index (κ2) is 8.43. The molecule has 0 unspecified atom stereocenters. The van der Waals surface area contributed by atoms with Crippen LogP contribution in [-0.2, 0) is 13.4 Å². The van der Waals surface area contributed by atoms with Crippen LogP contribution in [0.1, 0.15) is 27.7 Å². The van der Waals surface area contributed by atoms with Crippen molar-refractivity contribution in [3.8, 4) is 22.4 Å². The molecule has 3 aromatic carbocycles. The van der Waals surface area contributed by atoms with Crippen LogP contribution in [0.25, 0.3) is 49.2 Å². The van der Waals surface area contributed by atoms with Crippen LogP contribution in [0.5, 0.6) is 0 Å². The van der Waals surface area contributed by atoms with Crippen molar-refractivity contribution < 1.29 is 16.1 Å². The molecule has 0 fully saturated rings. The molecule has 5 aromatic rings. The highest BCUT2D eigenvalue weighted by molar-refractivity contribution is 6.18. The summed E-state index contributed by atoms with van der Waals surface area (Å²) in [6, 6.07) is 19.3. The molecule has 2 heterocycles. The van der Waals surface area contributed by atoms with Gasteiger partial charge in [-0.1, -0.05) is 68.4 Å². The maximum atomic E-state index is 15.0. The summed E-state index contributed by atoms with van der Waals surface area (Å²) in [6.45, 7) is 13.1. The lowest BCUT2D eigenvalue weighted by molar-refractivity contribution is -0.662. The zero-order chi connectivity index (χ0) is 25.8. The molecule has 2 aromatic heterocycles. The largest absolute Gasteiger partial charge is 0.466 e. The molecule has 34 heavy (non-hydrogen) atoms. The minimum absolute atomic E-state index is 0.0185. The van der Waals surface area contributed by atoms with Crippen molar-refractivity contribution in [1.82, 2.24) is 0 Å². The van der Waals surface area contributed by atoms with Gasteiger partial charge in [-0.2, -0.15) is 4.57 Å². The lowest BCUT2D eigenvalue weighted by atomic mass is 9.95. The van der Waals surface area contributed by atoms with Crippen molar-refractivity contribution in [2.45, 2.75) is 27.1 Å². The van der Waals surface area contributed by atoms with E-state index >= 15 is 4.39 Å². The van der Waals surface area contributed by atoms with Gasteiger partial charge in [0.25, 0.3) is 0 Å². The number of fused-ring (bicyclic) bond motifs is 3. The Hall–Kier alpha value is -3.97. The predicted molar refractivity (Wildman–Crippen MR) is 135 cm³/mol. The summed E-state index contributed by atoms with van der Waals surface area (Å²) < 4.78 is 40.2. The van der Waals surface area contributed by atoms with Crippen LogP contribution in [0, 0.1) is 25.2 Å². The molecular formula is C30H26FN2O+. The highest BCUT2D eigenvalue weighted by atomic mass is 19.1. The van der Waals surface area contributed by atoms with Gasteiger partial charge in [-0.25, -0.2) is 9.24 Å². The third-order valence-corrected chi connectivity index (χ3v) is 6.11. The maximum absolute atomic E-state index is 15.0. The van der Waals surface area contributed by atoms with Crippen LogP contribution in [0.3, 0.4) is 0 Å². The van der Waals surface area contributed by atoms with Crippen molar-refractivity contribution in [2.24, 2.45) is 13.0 Å². The fourth-order valence-electron chi connectivity index (χ4n) is 4.58. The molecule has 0 radical (unpaired) electrons. The van der Waals surface area contributed by atoms with Crippen LogP contribution in [0.15, 0.2) is 71.3 Å². The predicted octanol–water partition coefficient (Wildman–Crippen LogP) is 7.94. The summed E-state index contributed by atoms with van der Waals surface area (Å²) in [7, 11) is 1.74. The molecule has 0 spiro atoms. The van der Waals surface area contributed by atoms with Gasteiger partial charge >= 0.3 is 0 Å². The second-order valence-electron chi connectivity index (χ2n) is 8.88. The average molecular weight is 452 g/mol. The molecule has 0 bridgehead atoms. The number of hydrogen-bond acceptors (Lipinski definition) is 1. The molecule has 0 saturated carbocycles. The van der Waals surface area contributed by atoms with E-state index in [1.54, 1.807) is 37.6 Å². The number of furan rings is 1. The first-order valence-corrected chi connectivity index (χ1v) is 11.3. The Balaban J connectivity index is 1.89. The molecule has 0 aliphatic carbocycles. The number of rotatable bonds is 4. The number of nitrogens with zero attached hydrogens (tertiary/aromatic N) is 2. The number of hydrogen-bond donors (Lipinski definition) is 0. The molecule has 0 saturated heterocycles. The monoisotopic (exact) mass is 451 g/mol. The summed E-state index contributed by atoms with van der Waals surface area (Å²) >= 11 is 0. The van der Waals surface area contributed by atoms with E-state index in [9.17, 15) is 0 Å². The van der Waals surface area contributed by atoms with E-state index in [4.69, 9.17) is 13.7 Å². The molecule has 0 N–H and O–H groups in total. The summed E-state index contributed by atoms with van der Waals surface area (Å²) in [5.74, 6) is -0.999. The smallest absolute Gasteiger partial charge is 0.229 e. The third-order valence-electron chi connectivity index (χ3n) is 6.11. The number of benzene rings is 3. The first kappa shape index (κ1) is 19.5. The van der Waals surface area contributed by atoms with Gasteiger partial charge in [0.1, 0.15) is 18.2 Å². The zero-order valence-electron chi connectivity index (χ0n) is 21.6. The highest BCUT2D eigenvalue weighted by Gasteiger charge is 2.25. The SMILES string of the molecule is [2H]C([2H])(c1cc(-c2c(C)ccc3c2oc2c([N+]#[C-])ccc(-c4ccccc4)c23)[n+](C)cc1F)C(C)C. The van der Waals surface area contributed by atoms with Crippen LogP contribution in [0.4, 0.5) is 10.1 Å². The quantitative estimate of drug-likeness (QED) is 0.201. The lowest BCUT2D eigenvalue weighted by Crippen LogP contribution is -2.32.